The van der Waals surface area contributed by atoms with Gasteiger partial charge in [0.25, 0.3) is 0 Å². The van der Waals surface area contributed by atoms with Crippen molar-refractivity contribution in [2.24, 2.45) is 0 Å². The Morgan fingerprint density at radius 3 is 2.42 bits per heavy atom. The fourth-order valence-corrected chi connectivity index (χ4v) is 1.23. The lowest BCUT2D eigenvalue weighted by molar-refractivity contribution is 0.0784. The molecule has 0 aliphatic heterocycles. The monoisotopic (exact) mass is 185 g/mol. The van der Waals surface area contributed by atoms with E-state index in [4.69, 9.17) is 11.6 Å². The number of aryl methyl sites for hydroxylation is 1. The summed E-state index contributed by atoms with van der Waals surface area (Å²) in [6.07, 6.45) is 0. The highest BCUT2D eigenvalue weighted by Gasteiger charge is 2.16. The summed E-state index contributed by atoms with van der Waals surface area (Å²) in [5, 5.41) is 10.1. The fourth-order valence-electron chi connectivity index (χ4n) is 0.981. The average Bonchev–Trinajstić information content (AvgIpc) is 1.82. The van der Waals surface area contributed by atoms with E-state index in [1.54, 1.807) is 19.9 Å². The van der Waals surface area contributed by atoms with Gasteiger partial charge >= 0.3 is 0 Å². The zero-order valence-electron chi connectivity index (χ0n) is 7.43. The smallest absolute Gasteiger partial charge is 0.129 e. The van der Waals surface area contributed by atoms with Crippen LogP contribution in [0.1, 0.15) is 25.1 Å². The second-order valence-electron chi connectivity index (χ2n) is 3.38. The lowest BCUT2D eigenvalue weighted by Crippen LogP contribution is -2.15. The van der Waals surface area contributed by atoms with Gasteiger partial charge in [-0.1, -0.05) is 11.6 Å². The Bertz CT molecular complexity index is 271. The summed E-state index contributed by atoms with van der Waals surface area (Å²) in [6, 6.07) is 3.50. The third-order valence-corrected chi connectivity index (χ3v) is 1.82. The number of pyridine rings is 1. The maximum Gasteiger partial charge on any atom is 0.129 e. The number of aliphatic hydroxyl groups is 1. The van der Waals surface area contributed by atoms with Gasteiger partial charge in [0.15, 0.2) is 0 Å². The SMILES string of the molecule is Cc1cc(C(C)(C)O)cc(Cl)n1. The van der Waals surface area contributed by atoms with Crippen LogP contribution in [-0.4, -0.2) is 10.1 Å². The van der Waals surface area contributed by atoms with Gasteiger partial charge in [0, 0.05) is 5.69 Å². The topological polar surface area (TPSA) is 33.1 Å². The zero-order chi connectivity index (χ0) is 9.35. The van der Waals surface area contributed by atoms with Crippen molar-refractivity contribution in [1.82, 2.24) is 4.98 Å². The maximum atomic E-state index is 9.65. The second kappa shape index (κ2) is 3.04. The van der Waals surface area contributed by atoms with Gasteiger partial charge in [0.05, 0.1) is 5.60 Å². The van der Waals surface area contributed by atoms with Crippen LogP contribution in [0.25, 0.3) is 0 Å². The second-order valence-corrected chi connectivity index (χ2v) is 3.77. The zero-order valence-corrected chi connectivity index (χ0v) is 8.18. The van der Waals surface area contributed by atoms with E-state index in [2.05, 4.69) is 4.98 Å². The first-order valence-electron chi connectivity index (χ1n) is 3.76. The molecule has 0 fully saturated rings. The molecular weight excluding hydrogens is 174 g/mol. The molecule has 1 heterocycles. The summed E-state index contributed by atoms with van der Waals surface area (Å²) in [5.74, 6) is 0. The van der Waals surface area contributed by atoms with E-state index in [0.29, 0.717) is 5.15 Å². The average molecular weight is 186 g/mol. The Morgan fingerprint density at radius 2 is 2.00 bits per heavy atom. The van der Waals surface area contributed by atoms with E-state index >= 15 is 0 Å². The molecule has 1 N–H and O–H groups in total. The van der Waals surface area contributed by atoms with Crippen LogP contribution in [0, 0.1) is 6.92 Å². The molecule has 1 rings (SSSR count). The van der Waals surface area contributed by atoms with Crippen molar-refractivity contribution in [3.63, 3.8) is 0 Å². The number of rotatable bonds is 1. The van der Waals surface area contributed by atoms with Gasteiger partial charge in [-0.15, -0.1) is 0 Å². The van der Waals surface area contributed by atoms with Crippen molar-refractivity contribution in [3.05, 3.63) is 28.5 Å². The Balaban J connectivity index is 3.18. The molecule has 0 aliphatic carbocycles. The molecule has 66 valence electrons. The van der Waals surface area contributed by atoms with Gasteiger partial charge in [0.2, 0.25) is 0 Å². The molecule has 0 unspecified atom stereocenters. The molecule has 12 heavy (non-hydrogen) atoms. The molecular formula is C9H12ClNO. The van der Waals surface area contributed by atoms with Crippen LogP contribution < -0.4 is 0 Å². The summed E-state index contributed by atoms with van der Waals surface area (Å²) in [4.78, 5) is 4.00. The van der Waals surface area contributed by atoms with Gasteiger partial charge in [-0.2, -0.15) is 0 Å². The van der Waals surface area contributed by atoms with Crippen molar-refractivity contribution >= 4 is 11.6 Å². The predicted molar refractivity (Wildman–Crippen MR) is 49.2 cm³/mol. The number of hydrogen-bond donors (Lipinski definition) is 1. The van der Waals surface area contributed by atoms with Crippen LogP contribution in [0.15, 0.2) is 12.1 Å². The Morgan fingerprint density at radius 1 is 1.42 bits per heavy atom. The minimum atomic E-state index is -0.850. The Kier molecular flexibility index (Phi) is 2.40. The third kappa shape index (κ3) is 2.19. The van der Waals surface area contributed by atoms with Crippen LogP contribution in [-0.2, 0) is 5.60 Å². The highest BCUT2D eigenvalue weighted by atomic mass is 35.5. The number of halogens is 1. The first-order valence-corrected chi connectivity index (χ1v) is 4.14. The molecule has 1 aromatic rings. The molecule has 0 spiro atoms. The van der Waals surface area contributed by atoms with Gasteiger partial charge in [0.1, 0.15) is 5.15 Å². The molecule has 0 amide bonds. The van der Waals surface area contributed by atoms with Gasteiger partial charge < -0.3 is 5.11 Å². The van der Waals surface area contributed by atoms with E-state index in [-0.39, 0.29) is 0 Å². The van der Waals surface area contributed by atoms with E-state index in [0.717, 1.165) is 11.3 Å². The first-order chi connectivity index (χ1) is 5.39. The quantitative estimate of drug-likeness (QED) is 0.681. The van der Waals surface area contributed by atoms with Crippen LogP contribution in [0.4, 0.5) is 0 Å². The van der Waals surface area contributed by atoms with E-state index in [9.17, 15) is 5.11 Å². The minimum absolute atomic E-state index is 0.423. The summed E-state index contributed by atoms with van der Waals surface area (Å²) in [5.41, 5.74) is 0.761. The lowest BCUT2D eigenvalue weighted by Gasteiger charge is -2.17. The number of nitrogens with zero attached hydrogens (tertiary/aromatic N) is 1. The van der Waals surface area contributed by atoms with Crippen molar-refractivity contribution in [3.8, 4) is 0 Å². The highest BCUT2D eigenvalue weighted by molar-refractivity contribution is 6.29. The largest absolute Gasteiger partial charge is 0.386 e. The van der Waals surface area contributed by atoms with Gasteiger partial charge in [-0.25, -0.2) is 4.98 Å². The van der Waals surface area contributed by atoms with Crippen molar-refractivity contribution in [1.29, 1.82) is 0 Å². The van der Waals surface area contributed by atoms with Crippen LogP contribution >= 0.6 is 11.6 Å². The van der Waals surface area contributed by atoms with E-state index in [1.165, 1.54) is 0 Å². The minimum Gasteiger partial charge on any atom is -0.386 e. The fraction of sp³-hybridized carbons (Fsp3) is 0.444. The van der Waals surface area contributed by atoms with Crippen molar-refractivity contribution < 1.29 is 5.11 Å². The van der Waals surface area contributed by atoms with Gasteiger partial charge in [-0.05, 0) is 38.5 Å². The standard InChI is InChI=1S/C9H12ClNO/c1-6-4-7(9(2,3)12)5-8(10)11-6/h4-5,12H,1-3H3. The third-order valence-electron chi connectivity index (χ3n) is 1.63. The van der Waals surface area contributed by atoms with E-state index in [1.807, 2.05) is 13.0 Å². The van der Waals surface area contributed by atoms with Crippen molar-refractivity contribution in [2.75, 3.05) is 0 Å². The number of hydrogen-bond acceptors (Lipinski definition) is 2. The molecule has 0 aliphatic rings. The molecule has 2 nitrogen and oxygen atoms in total. The lowest BCUT2D eigenvalue weighted by atomic mass is 9.99. The molecule has 3 heteroatoms. The van der Waals surface area contributed by atoms with E-state index < -0.39 is 5.60 Å². The summed E-state index contributed by atoms with van der Waals surface area (Å²) < 4.78 is 0. The highest BCUT2D eigenvalue weighted by Crippen LogP contribution is 2.22. The molecule has 1 aromatic heterocycles. The van der Waals surface area contributed by atoms with Crippen LogP contribution in [0.3, 0.4) is 0 Å². The summed E-state index contributed by atoms with van der Waals surface area (Å²) >= 11 is 5.73. The predicted octanol–water partition coefficient (Wildman–Crippen LogP) is 2.27. The normalized spacial score (nSPS) is 11.8. The molecule has 0 aromatic carbocycles. The van der Waals surface area contributed by atoms with Crippen LogP contribution in [0.5, 0.6) is 0 Å². The van der Waals surface area contributed by atoms with Gasteiger partial charge in [-0.3, -0.25) is 0 Å². The molecule has 0 bridgehead atoms. The molecule has 0 atom stereocenters. The first kappa shape index (κ1) is 9.49. The Labute approximate surface area is 77.2 Å². The van der Waals surface area contributed by atoms with Crippen LogP contribution in [0.2, 0.25) is 5.15 Å². The summed E-state index contributed by atoms with van der Waals surface area (Å²) in [6.45, 7) is 5.29. The summed E-state index contributed by atoms with van der Waals surface area (Å²) in [7, 11) is 0. The maximum absolute atomic E-state index is 9.65. The number of aromatic nitrogens is 1. The van der Waals surface area contributed by atoms with Crippen molar-refractivity contribution in [2.45, 2.75) is 26.4 Å². The molecule has 0 saturated carbocycles. The Hall–Kier alpha value is -0.600. The molecule has 0 saturated heterocycles. The molecule has 0 radical (unpaired) electrons.